The summed E-state index contributed by atoms with van der Waals surface area (Å²) in [6.45, 7) is 5.13. The Bertz CT molecular complexity index is 1360. The van der Waals surface area contributed by atoms with E-state index in [4.69, 9.17) is 27.9 Å². The Hall–Kier alpha value is -3.31. The Balaban J connectivity index is 1.66. The second-order valence-electron chi connectivity index (χ2n) is 9.25. The smallest absolute Gasteiger partial charge is 0.411 e. The molecular weight excluding hydrogens is 499 g/mol. The molecule has 1 aromatic carbocycles. The standard InChI is InChI=1S/C22H24Cl2N6O5/c1-22(2,3)35-21(34)29-10-12(8-16(29)19(32)33)30-17-15(9-25-30)26-20(27-18(17)31)28(4)11-5-6-13(23)14(24)7-11/h5-7,9,12,16H,8,10H2,1-4H3,(H,32,33)(H,26,27,31). The molecule has 3 heterocycles. The first kappa shape index (κ1) is 24.8. The highest BCUT2D eigenvalue weighted by Crippen LogP contribution is 2.32. The number of nitrogens with zero attached hydrogens (tertiary/aromatic N) is 5. The summed E-state index contributed by atoms with van der Waals surface area (Å²) in [7, 11) is 1.71. The number of H-pyrrole nitrogens is 1. The third kappa shape index (κ3) is 4.92. The number of halogens is 2. The minimum Gasteiger partial charge on any atom is -0.480 e. The van der Waals surface area contributed by atoms with Gasteiger partial charge in [-0.15, -0.1) is 0 Å². The average Bonchev–Trinajstić information content (AvgIpc) is 3.38. The number of carbonyl (C=O) groups excluding carboxylic acids is 1. The predicted molar refractivity (Wildman–Crippen MR) is 131 cm³/mol. The summed E-state index contributed by atoms with van der Waals surface area (Å²) in [6, 6.07) is 3.36. The quantitative estimate of drug-likeness (QED) is 0.527. The van der Waals surface area contributed by atoms with Gasteiger partial charge in [0.15, 0.2) is 5.52 Å². The van der Waals surface area contributed by atoms with Crippen molar-refractivity contribution in [2.45, 2.75) is 44.9 Å². The maximum Gasteiger partial charge on any atom is 0.411 e. The number of carboxylic acid groups (broad SMARTS) is 1. The van der Waals surface area contributed by atoms with Gasteiger partial charge in [0.1, 0.15) is 17.2 Å². The van der Waals surface area contributed by atoms with E-state index in [1.165, 1.54) is 10.9 Å². The van der Waals surface area contributed by atoms with Gasteiger partial charge in [-0.05, 0) is 39.0 Å². The highest BCUT2D eigenvalue weighted by molar-refractivity contribution is 6.42. The fourth-order valence-electron chi connectivity index (χ4n) is 3.96. The Morgan fingerprint density at radius 2 is 1.97 bits per heavy atom. The molecule has 1 amide bonds. The van der Waals surface area contributed by atoms with Crippen LogP contribution in [0.15, 0.2) is 29.2 Å². The summed E-state index contributed by atoms with van der Waals surface area (Å²) >= 11 is 12.1. The van der Waals surface area contributed by atoms with Crippen molar-refractivity contribution in [3.8, 4) is 0 Å². The normalized spacial score (nSPS) is 18.2. The third-order valence-electron chi connectivity index (χ3n) is 5.59. The van der Waals surface area contributed by atoms with Crippen molar-refractivity contribution in [3.63, 3.8) is 0 Å². The van der Waals surface area contributed by atoms with Gasteiger partial charge in [-0.25, -0.2) is 14.6 Å². The van der Waals surface area contributed by atoms with E-state index in [1.807, 2.05) is 0 Å². The van der Waals surface area contributed by atoms with Crippen LogP contribution >= 0.6 is 23.2 Å². The molecule has 0 spiro atoms. The minimum absolute atomic E-state index is 0.0209. The number of nitrogens with one attached hydrogen (secondary N) is 1. The number of hydrogen-bond acceptors (Lipinski definition) is 7. The van der Waals surface area contributed by atoms with Crippen LogP contribution in [-0.4, -0.2) is 67.1 Å². The van der Waals surface area contributed by atoms with Crippen LogP contribution < -0.4 is 10.5 Å². The van der Waals surface area contributed by atoms with E-state index < -0.39 is 35.3 Å². The van der Waals surface area contributed by atoms with Gasteiger partial charge in [-0.3, -0.25) is 19.4 Å². The molecule has 35 heavy (non-hydrogen) atoms. The van der Waals surface area contributed by atoms with Crippen molar-refractivity contribution in [2.75, 3.05) is 18.5 Å². The molecular formula is C22H24Cl2N6O5. The average molecular weight is 523 g/mol. The maximum absolute atomic E-state index is 13.1. The lowest BCUT2D eigenvalue weighted by molar-refractivity contribution is -0.142. The SMILES string of the molecule is CN(c1ccc(Cl)c(Cl)c1)c1nc2cnn(C3CC(C(=O)O)N(C(=O)OC(C)(C)C)C3)c2c(=O)[nH]1. The van der Waals surface area contributed by atoms with Gasteiger partial charge in [0.2, 0.25) is 5.95 Å². The first-order valence-electron chi connectivity index (χ1n) is 10.7. The van der Waals surface area contributed by atoms with Crippen molar-refractivity contribution in [2.24, 2.45) is 0 Å². The first-order valence-corrected chi connectivity index (χ1v) is 11.5. The van der Waals surface area contributed by atoms with E-state index >= 15 is 0 Å². The van der Waals surface area contributed by atoms with Crippen LogP contribution in [-0.2, 0) is 9.53 Å². The lowest BCUT2D eigenvalue weighted by Crippen LogP contribution is -2.43. The van der Waals surface area contributed by atoms with Crippen molar-refractivity contribution in [1.29, 1.82) is 0 Å². The van der Waals surface area contributed by atoms with Crippen LogP contribution in [0.5, 0.6) is 0 Å². The minimum atomic E-state index is -1.16. The molecule has 186 valence electrons. The number of fused-ring (bicyclic) bond motifs is 1. The topological polar surface area (TPSA) is 134 Å². The molecule has 0 aliphatic carbocycles. The number of aromatic nitrogens is 4. The van der Waals surface area contributed by atoms with Crippen LogP contribution in [0, 0.1) is 0 Å². The number of benzene rings is 1. The Labute approximate surface area is 210 Å². The lowest BCUT2D eigenvalue weighted by atomic mass is 10.1. The van der Waals surface area contributed by atoms with E-state index in [2.05, 4.69) is 15.1 Å². The zero-order valence-electron chi connectivity index (χ0n) is 19.5. The Morgan fingerprint density at radius 1 is 1.26 bits per heavy atom. The molecule has 2 unspecified atom stereocenters. The molecule has 1 aliphatic rings. The lowest BCUT2D eigenvalue weighted by Gasteiger charge is -2.26. The van der Waals surface area contributed by atoms with Gasteiger partial charge < -0.3 is 14.7 Å². The zero-order chi connectivity index (χ0) is 25.7. The van der Waals surface area contributed by atoms with Gasteiger partial charge in [0.25, 0.3) is 5.56 Å². The second-order valence-corrected chi connectivity index (χ2v) is 10.1. The van der Waals surface area contributed by atoms with E-state index in [9.17, 15) is 19.5 Å². The van der Waals surface area contributed by atoms with E-state index in [-0.39, 0.29) is 24.4 Å². The van der Waals surface area contributed by atoms with Crippen molar-refractivity contribution in [3.05, 3.63) is 44.8 Å². The molecule has 1 aliphatic heterocycles. The molecule has 13 heteroatoms. The molecule has 2 atom stereocenters. The molecule has 0 saturated carbocycles. The number of likely N-dealkylation sites (tertiary alicyclic amines) is 1. The molecule has 1 fully saturated rings. The highest BCUT2D eigenvalue weighted by atomic mass is 35.5. The highest BCUT2D eigenvalue weighted by Gasteiger charge is 2.43. The third-order valence-corrected chi connectivity index (χ3v) is 6.33. The number of amides is 1. The number of anilines is 2. The van der Waals surface area contributed by atoms with E-state index in [0.717, 1.165) is 4.90 Å². The summed E-state index contributed by atoms with van der Waals surface area (Å²) in [6.07, 6.45) is 0.764. The number of carboxylic acids is 1. The number of aliphatic carboxylic acids is 1. The van der Waals surface area contributed by atoms with Crippen LogP contribution in [0.3, 0.4) is 0 Å². The Morgan fingerprint density at radius 3 is 2.60 bits per heavy atom. The van der Waals surface area contributed by atoms with Crippen LogP contribution in [0.25, 0.3) is 11.0 Å². The molecule has 1 saturated heterocycles. The van der Waals surface area contributed by atoms with Crippen molar-refractivity contribution in [1.82, 2.24) is 24.6 Å². The summed E-state index contributed by atoms with van der Waals surface area (Å²) in [4.78, 5) is 47.6. The largest absolute Gasteiger partial charge is 0.480 e. The fraction of sp³-hybridized carbons (Fsp3) is 0.409. The monoisotopic (exact) mass is 522 g/mol. The number of hydrogen-bond donors (Lipinski definition) is 2. The fourth-order valence-corrected chi connectivity index (χ4v) is 4.25. The molecule has 4 rings (SSSR count). The second kappa shape index (κ2) is 9.04. The number of rotatable bonds is 4. The molecule has 2 aromatic heterocycles. The van der Waals surface area contributed by atoms with E-state index in [1.54, 1.807) is 50.9 Å². The van der Waals surface area contributed by atoms with Crippen molar-refractivity contribution < 1.29 is 19.4 Å². The van der Waals surface area contributed by atoms with Gasteiger partial charge in [0, 0.05) is 25.7 Å². The summed E-state index contributed by atoms with van der Waals surface area (Å²) in [5.41, 5.74) is -0.0943. The number of aromatic amines is 1. The Kier molecular flexibility index (Phi) is 6.41. The van der Waals surface area contributed by atoms with Gasteiger partial charge in [-0.2, -0.15) is 5.10 Å². The summed E-state index contributed by atoms with van der Waals surface area (Å²) < 4.78 is 6.79. The first-order chi connectivity index (χ1) is 16.4. The molecule has 3 aromatic rings. The van der Waals surface area contributed by atoms with Crippen LogP contribution in [0.4, 0.5) is 16.4 Å². The van der Waals surface area contributed by atoms with Crippen molar-refractivity contribution >= 4 is 57.9 Å². The van der Waals surface area contributed by atoms with Crippen LogP contribution in [0.1, 0.15) is 33.2 Å². The molecule has 0 radical (unpaired) electrons. The molecule has 2 N–H and O–H groups in total. The van der Waals surface area contributed by atoms with Crippen LogP contribution in [0.2, 0.25) is 10.0 Å². The summed E-state index contributed by atoms with van der Waals surface area (Å²) in [5, 5.41) is 14.7. The maximum atomic E-state index is 13.1. The molecule has 11 nitrogen and oxygen atoms in total. The number of carbonyl (C=O) groups is 2. The van der Waals surface area contributed by atoms with E-state index in [0.29, 0.717) is 21.2 Å². The van der Waals surface area contributed by atoms with Gasteiger partial charge in [-0.1, -0.05) is 23.2 Å². The molecule has 0 bridgehead atoms. The van der Waals surface area contributed by atoms with Gasteiger partial charge in [0.05, 0.1) is 22.3 Å². The zero-order valence-corrected chi connectivity index (χ0v) is 21.0. The predicted octanol–water partition coefficient (Wildman–Crippen LogP) is 3.83. The van der Waals surface area contributed by atoms with Gasteiger partial charge >= 0.3 is 12.1 Å². The summed E-state index contributed by atoms with van der Waals surface area (Å²) in [5.74, 6) is -0.905. The number of ether oxygens (including phenoxy) is 1.